The van der Waals surface area contributed by atoms with Gasteiger partial charge in [-0.05, 0) is 52.5 Å². The minimum atomic E-state index is -1.50. The van der Waals surface area contributed by atoms with E-state index >= 15 is 0 Å². The smallest absolute Gasteiger partial charge is 0.323 e. The van der Waals surface area contributed by atoms with Gasteiger partial charge in [0.1, 0.15) is 5.60 Å². The Bertz CT molecular complexity index is 487. The molecule has 1 unspecified atom stereocenters. The third-order valence-electron chi connectivity index (χ3n) is 3.31. The molecule has 4 nitrogen and oxygen atoms in total. The molecule has 0 spiro atoms. The maximum absolute atomic E-state index is 12.2. The maximum Gasteiger partial charge on any atom is 0.323 e. The molecule has 0 heterocycles. The highest BCUT2D eigenvalue weighted by Crippen LogP contribution is 2.28. The molecule has 0 saturated carbocycles. The fourth-order valence-electron chi connectivity index (χ4n) is 1.98. The van der Waals surface area contributed by atoms with Crippen molar-refractivity contribution >= 4 is 11.9 Å². The van der Waals surface area contributed by atoms with Gasteiger partial charge in [-0.3, -0.25) is 9.59 Å². The van der Waals surface area contributed by atoms with E-state index in [9.17, 15) is 14.7 Å². The summed E-state index contributed by atoms with van der Waals surface area (Å²) >= 11 is 0. The summed E-state index contributed by atoms with van der Waals surface area (Å²) in [6.45, 7) is 6.64. The first-order valence-electron chi connectivity index (χ1n) is 7.16. The number of rotatable bonds is 6. The van der Waals surface area contributed by atoms with E-state index < -0.39 is 23.0 Å². The highest BCUT2D eigenvalue weighted by molar-refractivity contribution is 5.98. The number of carboxylic acids is 1. The van der Waals surface area contributed by atoms with Crippen molar-refractivity contribution in [1.29, 1.82) is 0 Å². The van der Waals surface area contributed by atoms with Gasteiger partial charge in [0.2, 0.25) is 0 Å². The number of aryl methyl sites for hydroxylation is 1. The van der Waals surface area contributed by atoms with Crippen LogP contribution in [0.15, 0.2) is 30.3 Å². The Morgan fingerprint density at radius 3 is 2.14 bits per heavy atom. The van der Waals surface area contributed by atoms with Crippen LogP contribution in [0.3, 0.4) is 0 Å². The Hall–Kier alpha value is -1.84. The summed E-state index contributed by atoms with van der Waals surface area (Å²) in [5.41, 5.74) is -1.05. The molecule has 21 heavy (non-hydrogen) atoms. The largest absolute Gasteiger partial charge is 0.480 e. The monoisotopic (exact) mass is 292 g/mol. The molecule has 0 aliphatic carbocycles. The van der Waals surface area contributed by atoms with E-state index in [0.29, 0.717) is 6.42 Å². The minimum absolute atomic E-state index is 0.256. The van der Waals surface area contributed by atoms with Crippen molar-refractivity contribution in [1.82, 2.24) is 0 Å². The van der Waals surface area contributed by atoms with Crippen LogP contribution in [-0.4, -0.2) is 22.6 Å². The van der Waals surface area contributed by atoms with Gasteiger partial charge in [0.05, 0.1) is 0 Å². The van der Waals surface area contributed by atoms with Crippen LogP contribution >= 0.6 is 0 Å². The number of aliphatic carboxylic acids is 1. The van der Waals surface area contributed by atoms with Crippen LogP contribution in [0.5, 0.6) is 0 Å². The number of carbonyl (C=O) groups is 2. The summed E-state index contributed by atoms with van der Waals surface area (Å²) in [5.74, 6) is -1.81. The second kappa shape index (κ2) is 6.74. The van der Waals surface area contributed by atoms with Gasteiger partial charge in [-0.25, -0.2) is 0 Å². The van der Waals surface area contributed by atoms with E-state index in [1.807, 2.05) is 30.3 Å². The van der Waals surface area contributed by atoms with E-state index in [0.717, 1.165) is 12.0 Å². The zero-order valence-electron chi connectivity index (χ0n) is 13.2. The predicted octanol–water partition coefficient (Wildman–Crippen LogP) is 3.44. The SMILES string of the molecule is CC(C)(C)OC(=O)C(C)(CCCc1ccccc1)C(=O)O. The van der Waals surface area contributed by atoms with Gasteiger partial charge in [-0.1, -0.05) is 30.3 Å². The van der Waals surface area contributed by atoms with Crippen molar-refractivity contribution < 1.29 is 19.4 Å². The molecule has 0 radical (unpaired) electrons. The topological polar surface area (TPSA) is 63.6 Å². The van der Waals surface area contributed by atoms with Crippen LogP contribution in [-0.2, 0) is 20.7 Å². The fraction of sp³-hybridized carbons (Fsp3) is 0.529. The molecule has 1 aromatic carbocycles. The molecule has 1 aromatic rings. The first-order chi connectivity index (χ1) is 9.65. The summed E-state index contributed by atoms with van der Waals surface area (Å²) in [7, 11) is 0. The molecular formula is C17H24O4. The molecule has 1 atom stereocenters. The summed E-state index contributed by atoms with van der Waals surface area (Å²) in [6.07, 6.45) is 1.62. The van der Waals surface area contributed by atoms with Crippen molar-refractivity contribution in [2.24, 2.45) is 5.41 Å². The molecular weight excluding hydrogens is 268 g/mol. The van der Waals surface area contributed by atoms with E-state index in [1.165, 1.54) is 6.92 Å². The van der Waals surface area contributed by atoms with Crippen LogP contribution in [0.2, 0.25) is 0 Å². The van der Waals surface area contributed by atoms with Crippen LogP contribution in [0.4, 0.5) is 0 Å². The zero-order valence-corrected chi connectivity index (χ0v) is 13.2. The number of carbonyl (C=O) groups excluding carboxylic acids is 1. The Labute approximate surface area is 126 Å². The summed E-state index contributed by atoms with van der Waals surface area (Å²) in [6, 6.07) is 9.81. The van der Waals surface area contributed by atoms with Gasteiger partial charge in [0, 0.05) is 0 Å². The summed E-state index contributed by atoms with van der Waals surface area (Å²) < 4.78 is 5.25. The van der Waals surface area contributed by atoms with Gasteiger partial charge in [0.15, 0.2) is 5.41 Å². The Kier molecular flexibility index (Phi) is 5.53. The van der Waals surface area contributed by atoms with Gasteiger partial charge in [-0.15, -0.1) is 0 Å². The normalized spacial score (nSPS) is 14.3. The molecule has 0 fully saturated rings. The first kappa shape index (κ1) is 17.2. The highest BCUT2D eigenvalue weighted by Gasteiger charge is 2.43. The van der Waals surface area contributed by atoms with Crippen molar-refractivity contribution in [3.8, 4) is 0 Å². The van der Waals surface area contributed by atoms with Gasteiger partial charge >= 0.3 is 11.9 Å². The lowest BCUT2D eigenvalue weighted by Gasteiger charge is -2.28. The number of esters is 1. The zero-order chi connectivity index (χ0) is 16.1. The molecule has 0 saturated heterocycles. The maximum atomic E-state index is 12.2. The molecule has 4 heteroatoms. The van der Waals surface area contributed by atoms with Crippen molar-refractivity contribution in [3.05, 3.63) is 35.9 Å². The average Bonchev–Trinajstić information content (AvgIpc) is 2.37. The lowest BCUT2D eigenvalue weighted by molar-refractivity contribution is -0.176. The molecule has 1 N–H and O–H groups in total. The number of hydrogen-bond donors (Lipinski definition) is 1. The van der Waals surface area contributed by atoms with E-state index in [-0.39, 0.29) is 6.42 Å². The van der Waals surface area contributed by atoms with E-state index in [2.05, 4.69) is 0 Å². The summed E-state index contributed by atoms with van der Waals surface area (Å²) in [4.78, 5) is 23.7. The van der Waals surface area contributed by atoms with Crippen LogP contribution < -0.4 is 0 Å². The van der Waals surface area contributed by atoms with Crippen LogP contribution in [0, 0.1) is 5.41 Å². The second-order valence-electron chi connectivity index (χ2n) is 6.48. The summed E-state index contributed by atoms with van der Waals surface area (Å²) in [5, 5.41) is 9.40. The van der Waals surface area contributed by atoms with Crippen molar-refractivity contribution in [3.63, 3.8) is 0 Å². The van der Waals surface area contributed by atoms with Crippen LogP contribution in [0.25, 0.3) is 0 Å². The lowest BCUT2D eigenvalue weighted by Crippen LogP contribution is -2.41. The Morgan fingerprint density at radius 1 is 1.10 bits per heavy atom. The van der Waals surface area contributed by atoms with Gasteiger partial charge in [-0.2, -0.15) is 0 Å². The number of ether oxygens (including phenoxy) is 1. The standard InChI is InChI=1S/C17H24O4/c1-16(2,3)21-15(20)17(4,14(18)19)12-8-11-13-9-6-5-7-10-13/h5-7,9-10H,8,11-12H2,1-4H3,(H,18,19). The molecule has 1 rings (SSSR count). The number of hydrogen-bond acceptors (Lipinski definition) is 3. The highest BCUT2D eigenvalue weighted by atomic mass is 16.6. The van der Waals surface area contributed by atoms with Crippen molar-refractivity contribution in [2.45, 2.75) is 52.6 Å². The minimum Gasteiger partial charge on any atom is -0.480 e. The van der Waals surface area contributed by atoms with Crippen LogP contribution in [0.1, 0.15) is 46.1 Å². The van der Waals surface area contributed by atoms with Gasteiger partial charge < -0.3 is 9.84 Å². The number of benzene rings is 1. The Morgan fingerprint density at radius 2 is 1.67 bits per heavy atom. The van der Waals surface area contributed by atoms with E-state index in [4.69, 9.17) is 4.74 Å². The lowest BCUT2D eigenvalue weighted by atomic mass is 9.84. The first-order valence-corrected chi connectivity index (χ1v) is 7.16. The van der Waals surface area contributed by atoms with Gasteiger partial charge in [0.25, 0.3) is 0 Å². The molecule has 0 bridgehead atoms. The molecule has 0 aliphatic heterocycles. The third kappa shape index (κ3) is 5.21. The average molecular weight is 292 g/mol. The quantitative estimate of drug-likeness (QED) is 0.644. The number of carboxylic acid groups (broad SMARTS) is 1. The second-order valence-corrected chi connectivity index (χ2v) is 6.48. The molecule has 116 valence electrons. The van der Waals surface area contributed by atoms with E-state index in [1.54, 1.807) is 20.8 Å². The third-order valence-corrected chi connectivity index (χ3v) is 3.31. The fourth-order valence-corrected chi connectivity index (χ4v) is 1.98. The molecule has 0 amide bonds. The predicted molar refractivity (Wildman–Crippen MR) is 81.0 cm³/mol. The molecule has 0 aliphatic rings. The molecule has 0 aromatic heterocycles. The Balaban J connectivity index is 2.68. The van der Waals surface area contributed by atoms with Crippen molar-refractivity contribution in [2.75, 3.05) is 0 Å².